The zero-order chi connectivity index (χ0) is 41.4. The normalized spacial score (nSPS) is 21.3. The summed E-state index contributed by atoms with van der Waals surface area (Å²) in [5.74, 6) is 1.09. The van der Waals surface area contributed by atoms with E-state index in [-0.39, 0.29) is 30.0 Å². The molecule has 3 aromatic heterocycles. The van der Waals surface area contributed by atoms with E-state index in [0.717, 1.165) is 82.0 Å². The molecular weight excluding hydrogens is 759 g/mol. The minimum Gasteiger partial charge on any atom is -0.384 e. The predicted molar refractivity (Wildman–Crippen MR) is 233 cm³/mol. The fourth-order valence-corrected chi connectivity index (χ4v) is 9.23. The lowest BCUT2D eigenvalue weighted by Gasteiger charge is -2.40. The van der Waals surface area contributed by atoms with Gasteiger partial charge in [0.2, 0.25) is 17.8 Å². The predicted octanol–water partition coefficient (Wildman–Crippen LogP) is 4.71. The molecule has 0 saturated carbocycles. The molecule has 0 radical (unpaired) electrons. The second kappa shape index (κ2) is 16.5. The average Bonchev–Trinajstić information content (AvgIpc) is 3.75. The first kappa shape index (κ1) is 39.4. The number of imide groups is 1. The van der Waals surface area contributed by atoms with Crippen molar-refractivity contribution in [2.24, 2.45) is 5.92 Å². The van der Waals surface area contributed by atoms with Gasteiger partial charge in [0.15, 0.2) is 11.5 Å². The number of nitrogens with zero attached hydrogens (tertiary/aromatic N) is 8. The highest BCUT2D eigenvalue weighted by molar-refractivity contribution is 6.01. The van der Waals surface area contributed by atoms with Crippen molar-refractivity contribution in [1.29, 1.82) is 0 Å². The molecule has 2 amide bonds. The number of amides is 2. The summed E-state index contributed by atoms with van der Waals surface area (Å²) >= 11 is 0. The minimum absolute atomic E-state index is 0.204. The van der Waals surface area contributed by atoms with Gasteiger partial charge in [0, 0.05) is 81.2 Å². The number of pyridine rings is 1. The molecule has 5 aromatic rings. The average molecular weight is 812 g/mol. The monoisotopic (exact) mass is 811 g/mol. The number of carbonyl (C=O) groups is 2. The van der Waals surface area contributed by atoms with Crippen LogP contribution in [0.15, 0.2) is 84.3 Å². The summed E-state index contributed by atoms with van der Waals surface area (Å²) in [6.45, 7) is 13.3. The molecule has 1 aliphatic carbocycles. The van der Waals surface area contributed by atoms with Gasteiger partial charge in [-0.05, 0) is 105 Å². The van der Waals surface area contributed by atoms with Crippen LogP contribution in [0, 0.1) is 5.92 Å². The molecule has 4 aliphatic rings. The largest absolute Gasteiger partial charge is 0.384 e. The molecule has 15 nitrogen and oxygen atoms in total. The maximum atomic E-state index is 13.5. The molecular formula is C45H53N11O4. The van der Waals surface area contributed by atoms with Gasteiger partial charge in [-0.2, -0.15) is 4.98 Å². The van der Waals surface area contributed by atoms with Crippen LogP contribution in [0.25, 0.3) is 16.9 Å². The number of aliphatic hydroxyl groups is 1. The van der Waals surface area contributed by atoms with E-state index in [1.54, 1.807) is 21.6 Å². The zero-order valence-corrected chi connectivity index (χ0v) is 34.1. The van der Waals surface area contributed by atoms with Crippen molar-refractivity contribution in [2.75, 3.05) is 66.2 Å². The van der Waals surface area contributed by atoms with Gasteiger partial charge in [0.05, 0.1) is 12.2 Å². The molecule has 2 atom stereocenters. The Morgan fingerprint density at radius 3 is 2.25 bits per heavy atom. The number of hydrogen-bond donors (Lipinski definition) is 4. The Bertz CT molecular complexity index is 2450. The Labute approximate surface area is 349 Å². The summed E-state index contributed by atoms with van der Waals surface area (Å²) in [5.41, 5.74) is 5.00. The van der Waals surface area contributed by atoms with Crippen LogP contribution in [-0.4, -0.2) is 98.0 Å². The van der Waals surface area contributed by atoms with Gasteiger partial charge in [-0.3, -0.25) is 24.6 Å². The van der Waals surface area contributed by atoms with Crippen LogP contribution in [0.5, 0.6) is 0 Å². The van der Waals surface area contributed by atoms with Crippen LogP contribution >= 0.6 is 0 Å². The number of nitrogens with one attached hydrogen (secondary N) is 3. The molecule has 2 aromatic carbocycles. The van der Waals surface area contributed by atoms with E-state index in [0.29, 0.717) is 60.1 Å². The van der Waals surface area contributed by atoms with E-state index >= 15 is 0 Å². The fourth-order valence-electron chi connectivity index (χ4n) is 9.23. The second-order valence-electron chi connectivity index (χ2n) is 16.6. The molecule has 0 spiro atoms. The fraction of sp³-hybridized carbons (Fsp3) is 0.422. The Kier molecular flexibility index (Phi) is 10.9. The number of aryl methyl sites for hydroxylation is 1. The van der Waals surface area contributed by atoms with Gasteiger partial charge in [-0.25, -0.2) is 19.3 Å². The Hall–Kier alpha value is -6.06. The first-order valence-corrected chi connectivity index (χ1v) is 21.3. The third kappa shape index (κ3) is 7.86. The molecule has 312 valence electrons. The number of carbonyl (C=O) groups excluding carboxylic acids is 2. The van der Waals surface area contributed by atoms with Crippen LogP contribution < -0.4 is 31.3 Å². The third-order valence-electron chi connectivity index (χ3n) is 12.8. The summed E-state index contributed by atoms with van der Waals surface area (Å²) in [6, 6.07) is 20.1. The number of piperidine rings is 2. The highest BCUT2D eigenvalue weighted by atomic mass is 16.3. The van der Waals surface area contributed by atoms with Crippen LogP contribution in [-0.2, 0) is 28.2 Å². The van der Waals surface area contributed by atoms with Gasteiger partial charge in [0.25, 0.3) is 5.56 Å². The van der Waals surface area contributed by atoms with Crippen LogP contribution in [0.4, 0.5) is 28.7 Å². The SMILES string of the molecule is C=CCn1c(=O)c2cnc(Nc3ccc(N4CCN(CC5CCN(c6ccc(NC7CCC(=O)NC7=O)cc6)CC5)CC4)cc3)nc2n1-c1ccc2c(n1)[C@@](O)(CC)CC2. The lowest BCUT2D eigenvalue weighted by atomic mass is 9.95. The zero-order valence-electron chi connectivity index (χ0n) is 34.1. The van der Waals surface area contributed by atoms with E-state index in [1.807, 2.05) is 43.3 Å². The molecule has 15 heteroatoms. The van der Waals surface area contributed by atoms with Crippen molar-refractivity contribution in [2.45, 2.75) is 70.1 Å². The second-order valence-corrected chi connectivity index (χ2v) is 16.6. The van der Waals surface area contributed by atoms with Crippen molar-refractivity contribution >= 4 is 51.5 Å². The Morgan fingerprint density at radius 1 is 0.867 bits per heavy atom. The lowest BCUT2D eigenvalue weighted by Crippen LogP contribution is -2.49. The molecule has 3 saturated heterocycles. The van der Waals surface area contributed by atoms with Gasteiger partial charge in [-0.1, -0.05) is 19.1 Å². The molecule has 3 fully saturated rings. The highest BCUT2D eigenvalue weighted by Crippen LogP contribution is 2.38. The first-order chi connectivity index (χ1) is 29.2. The van der Waals surface area contributed by atoms with Gasteiger partial charge in [-0.15, -0.1) is 6.58 Å². The number of rotatable bonds is 12. The topological polar surface area (TPSA) is 166 Å². The maximum absolute atomic E-state index is 13.5. The number of benzene rings is 2. The smallest absolute Gasteiger partial charge is 0.278 e. The van der Waals surface area contributed by atoms with E-state index in [4.69, 9.17) is 9.97 Å². The van der Waals surface area contributed by atoms with Crippen LogP contribution in [0.1, 0.15) is 56.7 Å². The van der Waals surface area contributed by atoms with Crippen molar-refractivity contribution < 1.29 is 14.7 Å². The van der Waals surface area contributed by atoms with E-state index in [2.05, 4.69) is 66.5 Å². The van der Waals surface area contributed by atoms with Crippen LogP contribution in [0.3, 0.4) is 0 Å². The molecule has 0 bridgehead atoms. The van der Waals surface area contributed by atoms with E-state index in [9.17, 15) is 19.5 Å². The maximum Gasteiger partial charge on any atom is 0.278 e. The van der Waals surface area contributed by atoms with Gasteiger partial charge < -0.3 is 25.5 Å². The van der Waals surface area contributed by atoms with Crippen molar-refractivity contribution in [3.05, 3.63) is 101 Å². The van der Waals surface area contributed by atoms with E-state index in [1.165, 1.54) is 11.4 Å². The van der Waals surface area contributed by atoms with E-state index < -0.39 is 5.60 Å². The summed E-state index contributed by atoms with van der Waals surface area (Å²) < 4.78 is 3.26. The first-order valence-electron chi connectivity index (χ1n) is 21.3. The summed E-state index contributed by atoms with van der Waals surface area (Å²) in [7, 11) is 0. The standard InChI is InChI=1S/C45H53N11O4/c1-3-21-55-43(59)36-28-46-44(51-41(36)56(55)38-15-5-31-17-20-45(60,4-2)40(31)49-38)48-33-8-12-35(13-9-33)54-26-24-52(25-27-54)29-30-18-22-53(23-19-30)34-10-6-32(7-11-34)47-37-14-16-39(57)50-42(37)58/h3,5-13,15,28,30,37,47,60H,1,4,14,16-27,29H2,2H3,(H,46,48,51)(H,50,57,58)/t37?,45-/m1/s1. The van der Waals surface area contributed by atoms with Crippen molar-refractivity contribution in [3.63, 3.8) is 0 Å². The summed E-state index contributed by atoms with van der Waals surface area (Å²) in [5, 5.41) is 20.6. The van der Waals surface area contributed by atoms with Crippen molar-refractivity contribution in [3.8, 4) is 5.82 Å². The molecule has 6 heterocycles. The Morgan fingerprint density at radius 2 is 1.57 bits per heavy atom. The highest BCUT2D eigenvalue weighted by Gasteiger charge is 2.37. The number of anilines is 5. The number of aromatic nitrogens is 5. The molecule has 9 rings (SSSR count). The number of hydrogen-bond acceptors (Lipinski definition) is 12. The van der Waals surface area contributed by atoms with Crippen molar-refractivity contribution in [1.82, 2.24) is 34.5 Å². The summed E-state index contributed by atoms with van der Waals surface area (Å²) in [4.78, 5) is 58.8. The molecule has 60 heavy (non-hydrogen) atoms. The third-order valence-corrected chi connectivity index (χ3v) is 12.8. The number of allylic oxidation sites excluding steroid dienone is 1. The molecule has 4 N–H and O–H groups in total. The number of fused-ring (bicyclic) bond motifs is 2. The summed E-state index contributed by atoms with van der Waals surface area (Å²) in [6.07, 6.45) is 8.37. The molecule has 3 aliphatic heterocycles. The number of piperazine rings is 1. The Balaban J connectivity index is 0.780. The minimum atomic E-state index is -0.988. The van der Waals surface area contributed by atoms with Gasteiger partial charge >= 0.3 is 0 Å². The lowest BCUT2D eigenvalue weighted by molar-refractivity contribution is -0.133. The quantitative estimate of drug-likeness (QED) is 0.102. The molecule has 1 unspecified atom stereocenters. The van der Waals surface area contributed by atoms with Crippen LogP contribution in [0.2, 0.25) is 0 Å². The van der Waals surface area contributed by atoms with Gasteiger partial charge in [0.1, 0.15) is 17.0 Å².